The van der Waals surface area contributed by atoms with Gasteiger partial charge in [-0.05, 0) is 6.07 Å². The highest BCUT2D eigenvalue weighted by Gasteiger charge is 2.37. The number of fused-ring (bicyclic) bond motifs is 1. The zero-order valence-corrected chi connectivity index (χ0v) is 8.25. The van der Waals surface area contributed by atoms with E-state index in [0.717, 1.165) is 4.68 Å². The number of nitrogens with zero attached hydrogens (tertiary/aromatic N) is 2. The molecule has 3 nitrogen and oxygen atoms in total. The van der Waals surface area contributed by atoms with Crippen LogP contribution in [0.5, 0.6) is 0 Å². The third kappa shape index (κ3) is 1.46. The van der Waals surface area contributed by atoms with Crippen molar-refractivity contribution in [3.63, 3.8) is 0 Å². The molecule has 84 valence electrons. The number of aldehydes is 1. The Balaban J connectivity index is 2.87. The van der Waals surface area contributed by atoms with Crippen LogP contribution in [0.3, 0.4) is 0 Å². The summed E-state index contributed by atoms with van der Waals surface area (Å²) >= 11 is 0. The summed E-state index contributed by atoms with van der Waals surface area (Å²) in [4.78, 5) is 10.7. The molecule has 0 fully saturated rings. The molecule has 0 aliphatic rings. The van der Waals surface area contributed by atoms with Crippen LogP contribution in [-0.4, -0.2) is 16.1 Å². The van der Waals surface area contributed by atoms with Crippen molar-refractivity contribution < 1.29 is 18.0 Å². The van der Waals surface area contributed by atoms with Crippen LogP contribution in [-0.2, 0) is 13.2 Å². The van der Waals surface area contributed by atoms with Crippen LogP contribution in [0.4, 0.5) is 13.2 Å². The molecule has 1 heterocycles. The molecule has 0 saturated carbocycles. The Kier molecular flexibility index (Phi) is 2.22. The first-order chi connectivity index (χ1) is 7.45. The highest BCUT2D eigenvalue weighted by atomic mass is 19.4. The van der Waals surface area contributed by atoms with Gasteiger partial charge in [-0.2, -0.15) is 18.3 Å². The van der Waals surface area contributed by atoms with Crippen LogP contribution in [0.2, 0.25) is 0 Å². The second-order valence-corrected chi connectivity index (χ2v) is 3.33. The quantitative estimate of drug-likeness (QED) is 0.702. The molecule has 0 unspecified atom stereocenters. The Morgan fingerprint density at radius 1 is 1.38 bits per heavy atom. The van der Waals surface area contributed by atoms with E-state index in [9.17, 15) is 18.0 Å². The fourth-order valence-electron chi connectivity index (χ4n) is 1.67. The van der Waals surface area contributed by atoms with Gasteiger partial charge in [-0.25, -0.2) is 0 Å². The topological polar surface area (TPSA) is 34.9 Å². The summed E-state index contributed by atoms with van der Waals surface area (Å²) in [6.45, 7) is 0. The summed E-state index contributed by atoms with van der Waals surface area (Å²) in [5.74, 6) is 0. The smallest absolute Gasteiger partial charge is 0.298 e. The SMILES string of the molecule is Cn1nc2c(C=O)cccc2c1C(F)(F)F. The van der Waals surface area contributed by atoms with E-state index in [2.05, 4.69) is 5.10 Å². The molecule has 16 heavy (non-hydrogen) atoms. The minimum absolute atomic E-state index is 0.0559. The predicted molar refractivity (Wildman–Crippen MR) is 51.1 cm³/mol. The zero-order valence-electron chi connectivity index (χ0n) is 8.25. The Labute approximate surface area is 88.5 Å². The number of carbonyl (C=O) groups excluding carboxylic acids is 1. The lowest BCUT2D eigenvalue weighted by Crippen LogP contribution is -2.11. The van der Waals surface area contributed by atoms with Crippen molar-refractivity contribution in [1.82, 2.24) is 9.78 Å². The van der Waals surface area contributed by atoms with Crippen LogP contribution < -0.4 is 0 Å². The largest absolute Gasteiger partial charge is 0.433 e. The lowest BCUT2D eigenvalue weighted by atomic mass is 10.1. The molecule has 0 atom stereocenters. The van der Waals surface area contributed by atoms with Gasteiger partial charge in [0.1, 0.15) is 11.2 Å². The zero-order chi connectivity index (χ0) is 11.9. The molecule has 0 aliphatic heterocycles. The van der Waals surface area contributed by atoms with Gasteiger partial charge >= 0.3 is 6.18 Å². The van der Waals surface area contributed by atoms with Gasteiger partial charge in [0, 0.05) is 18.0 Å². The Morgan fingerprint density at radius 3 is 2.62 bits per heavy atom. The van der Waals surface area contributed by atoms with Crippen molar-refractivity contribution >= 4 is 17.2 Å². The van der Waals surface area contributed by atoms with E-state index in [4.69, 9.17) is 0 Å². The predicted octanol–water partition coefficient (Wildman–Crippen LogP) is 2.40. The minimum Gasteiger partial charge on any atom is -0.298 e. The van der Waals surface area contributed by atoms with Crippen molar-refractivity contribution in [3.8, 4) is 0 Å². The van der Waals surface area contributed by atoms with E-state index in [-0.39, 0.29) is 16.5 Å². The number of halogens is 3. The molecular formula is C10H7F3N2O. The van der Waals surface area contributed by atoms with E-state index >= 15 is 0 Å². The first-order valence-electron chi connectivity index (χ1n) is 4.43. The van der Waals surface area contributed by atoms with Crippen molar-refractivity contribution in [2.45, 2.75) is 6.18 Å². The number of benzene rings is 1. The van der Waals surface area contributed by atoms with E-state index in [0.29, 0.717) is 6.29 Å². The van der Waals surface area contributed by atoms with Crippen molar-refractivity contribution in [2.24, 2.45) is 7.05 Å². The third-order valence-electron chi connectivity index (χ3n) is 2.29. The summed E-state index contributed by atoms with van der Waals surface area (Å²) in [5, 5.41) is 3.66. The van der Waals surface area contributed by atoms with Gasteiger partial charge in [0.2, 0.25) is 0 Å². The second-order valence-electron chi connectivity index (χ2n) is 3.33. The van der Waals surface area contributed by atoms with Gasteiger partial charge in [0.15, 0.2) is 6.29 Å². The van der Waals surface area contributed by atoms with Crippen LogP contribution >= 0.6 is 0 Å². The van der Waals surface area contributed by atoms with Crippen molar-refractivity contribution in [1.29, 1.82) is 0 Å². The molecule has 6 heteroatoms. The average molecular weight is 228 g/mol. The molecule has 0 saturated heterocycles. The monoisotopic (exact) mass is 228 g/mol. The standard InChI is InChI=1S/C10H7F3N2O/c1-15-9(10(11,12)13)7-4-2-3-6(5-16)8(7)14-15/h2-5H,1H3. The fraction of sp³-hybridized carbons (Fsp3) is 0.200. The first kappa shape index (κ1) is 10.7. The highest BCUT2D eigenvalue weighted by molar-refractivity contribution is 5.96. The summed E-state index contributed by atoms with van der Waals surface area (Å²) in [6.07, 6.45) is -3.99. The minimum atomic E-state index is -4.48. The van der Waals surface area contributed by atoms with Gasteiger partial charge in [-0.1, -0.05) is 12.1 Å². The summed E-state index contributed by atoms with van der Waals surface area (Å²) in [6, 6.07) is 4.14. The van der Waals surface area contributed by atoms with Crippen molar-refractivity contribution in [2.75, 3.05) is 0 Å². The molecule has 0 N–H and O–H groups in total. The number of carbonyl (C=O) groups is 1. The van der Waals surface area contributed by atoms with E-state index in [1.165, 1.54) is 25.2 Å². The molecule has 0 radical (unpaired) electrons. The number of aryl methyl sites for hydroxylation is 1. The van der Waals surface area contributed by atoms with Crippen LogP contribution in [0.25, 0.3) is 10.9 Å². The molecule has 1 aromatic heterocycles. The van der Waals surface area contributed by atoms with Crippen molar-refractivity contribution in [3.05, 3.63) is 29.5 Å². The lowest BCUT2D eigenvalue weighted by Gasteiger charge is -2.06. The van der Waals surface area contributed by atoms with Crippen LogP contribution in [0.15, 0.2) is 18.2 Å². The average Bonchev–Trinajstić information content (AvgIpc) is 2.52. The molecule has 0 bridgehead atoms. The highest BCUT2D eigenvalue weighted by Crippen LogP contribution is 2.34. The first-order valence-corrected chi connectivity index (χ1v) is 4.43. The number of alkyl halides is 3. The molecule has 2 aromatic rings. The van der Waals surface area contributed by atoms with Crippen LogP contribution in [0.1, 0.15) is 16.1 Å². The van der Waals surface area contributed by atoms with E-state index in [1.54, 1.807) is 0 Å². The molecule has 0 amide bonds. The number of hydrogen-bond donors (Lipinski definition) is 0. The lowest BCUT2D eigenvalue weighted by molar-refractivity contribution is -0.142. The summed E-state index contributed by atoms with van der Waals surface area (Å²) in [7, 11) is 1.21. The fourth-order valence-corrected chi connectivity index (χ4v) is 1.67. The molecule has 2 rings (SSSR count). The molecular weight excluding hydrogens is 221 g/mol. The van der Waals surface area contributed by atoms with E-state index < -0.39 is 11.9 Å². The third-order valence-corrected chi connectivity index (χ3v) is 2.29. The maximum atomic E-state index is 12.7. The number of aromatic nitrogens is 2. The number of hydrogen-bond acceptors (Lipinski definition) is 2. The summed E-state index contributed by atoms with van der Waals surface area (Å²) in [5.41, 5.74) is -0.609. The summed E-state index contributed by atoms with van der Waals surface area (Å²) < 4.78 is 38.8. The Morgan fingerprint density at radius 2 is 2.06 bits per heavy atom. The van der Waals surface area contributed by atoms with E-state index in [1.807, 2.05) is 0 Å². The van der Waals surface area contributed by atoms with Crippen LogP contribution in [0, 0.1) is 0 Å². The second kappa shape index (κ2) is 3.33. The van der Waals surface area contributed by atoms with Gasteiger partial charge < -0.3 is 0 Å². The molecule has 0 aliphatic carbocycles. The normalized spacial score (nSPS) is 12.0. The maximum Gasteiger partial charge on any atom is 0.433 e. The molecule has 1 aromatic carbocycles. The van der Waals surface area contributed by atoms with Gasteiger partial charge in [-0.15, -0.1) is 0 Å². The molecule has 0 spiro atoms. The Hall–Kier alpha value is -1.85. The van der Waals surface area contributed by atoms with Gasteiger partial charge in [-0.3, -0.25) is 9.48 Å². The maximum absolute atomic E-state index is 12.7. The Bertz CT molecular complexity index is 557. The van der Waals surface area contributed by atoms with Gasteiger partial charge in [0.25, 0.3) is 0 Å². The van der Waals surface area contributed by atoms with Gasteiger partial charge in [0.05, 0.1) is 0 Å². The number of rotatable bonds is 1.